The van der Waals surface area contributed by atoms with Gasteiger partial charge in [-0.15, -0.1) is 24.8 Å². The van der Waals surface area contributed by atoms with Gasteiger partial charge in [0, 0.05) is 56.0 Å². The molecule has 1 aromatic heterocycles. The number of halogens is 2. The van der Waals surface area contributed by atoms with Gasteiger partial charge in [0.1, 0.15) is 0 Å². The molecule has 0 aliphatic carbocycles. The minimum absolute atomic E-state index is 0. The molecule has 0 aromatic carbocycles. The highest BCUT2D eigenvalue weighted by molar-refractivity contribution is 7.99. The van der Waals surface area contributed by atoms with Crippen molar-refractivity contribution in [3.63, 3.8) is 0 Å². The number of carbonyl (C=O) groups is 1. The van der Waals surface area contributed by atoms with Crippen LogP contribution >= 0.6 is 36.6 Å². The lowest BCUT2D eigenvalue weighted by Gasteiger charge is -2.25. The summed E-state index contributed by atoms with van der Waals surface area (Å²) in [7, 11) is 0. The van der Waals surface area contributed by atoms with E-state index >= 15 is 0 Å². The largest absolute Gasteiger partial charge is 0.351 e. The molecule has 0 bridgehead atoms. The Morgan fingerprint density at radius 2 is 2.10 bits per heavy atom. The maximum absolute atomic E-state index is 12.0. The molecular formula is C13H22Cl2N4OS. The summed E-state index contributed by atoms with van der Waals surface area (Å²) in [6.45, 7) is 4.19. The van der Waals surface area contributed by atoms with E-state index in [2.05, 4.69) is 15.2 Å². The molecule has 8 heteroatoms. The summed E-state index contributed by atoms with van der Waals surface area (Å²) in [4.78, 5) is 18.4. The number of aromatic nitrogens is 1. The quantitative estimate of drug-likeness (QED) is 0.831. The van der Waals surface area contributed by atoms with Gasteiger partial charge < -0.3 is 11.1 Å². The van der Waals surface area contributed by atoms with Crippen LogP contribution in [0.3, 0.4) is 0 Å². The predicted molar refractivity (Wildman–Crippen MR) is 92.7 cm³/mol. The Hall–Kier alpha value is -0.530. The molecule has 120 valence electrons. The molecule has 1 amide bonds. The van der Waals surface area contributed by atoms with Crippen molar-refractivity contribution < 1.29 is 4.79 Å². The Bertz CT molecular complexity index is 430. The van der Waals surface area contributed by atoms with Crippen molar-refractivity contribution in [2.75, 3.05) is 37.7 Å². The molecule has 0 atom stereocenters. The van der Waals surface area contributed by atoms with Crippen molar-refractivity contribution in [2.45, 2.75) is 6.54 Å². The molecular weight excluding hydrogens is 331 g/mol. The number of hydrogen-bond donors (Lipinski definition) is 2. The second-order valence-electron chi connectivity index (χ2n) is 4.45. The first-order valence-electron chi connectivity index (χ1n) is 6.53. The van der Waals surface area contributed by atoms with Crippen LogP contribution in [0.2, 0.25) is 0 Å². The number of nitrogens with zero attached hydrogens (tertiary/aromatic N) is 2. The van der Waals surface area contributed by atoms with Crippen molar-refractivity contribution in [3.8, 4) is 0 Å². The van der Waals surface area contributed by atoms with Crippen LogP contribution in [-0.2, 0) is 6.54 Å². The van der Waals surface area contributed by atoms with Gasteiger partial charge in [-0.3, -0.25) is 14.7 Å². The van der Waals surface area contributed by atoms with Gasteiger partial charge in [0.15, 0.2) is 0 Å². The molecule has 1 aliphatic heterocycles. The monoisotopic (exact) mass is 352 g/mol. The molecule has 2 rings (SSSR count). The minimum atomic E-state index is -0.0523. The van der Waals surface area contributed by atoms with Crippen molar-refractivity contribution in [2.24, 2.45) is 5.73 Å². The van der Waals surface area contributed by atoms with E-state index in [1.165, 1.54) is 11.5 Å². The number of pyridine rings is 1. The van der Waals surface area contributed by atoms with Crippen LogP contribution < -0.4 is 11.1 Å². The number of nitrogens with one attached hydrogen (secondary N) is 1. The Kier molecular flexibility index (Phi) is 10.8. The SMILES string of the molecule is Cl.Cl.NCc1cc(C(=O)NCCN2CCSCC2)ccn1. The van der Waals surface area contributed by atoms with E-state index in [1.807, 2.05) is 11.8 Å². The van der Waals surface area contributed by atoms with Crippen molar-refractivity contribution in [1.29, 1.82) is 0 Å². The van der Waals surface area contributed by atoms with E-state index in [0.717, 1.165) is 25.3 Å². The summed E-state index contributed by atoms with van der Waals surface area (Å²) in [5.41, 5.74) is 6.88. The zero-order valence-corrected chi connectivity index (χ0v) is 14.2. The molecule has 0 radical (unpaired) electrons. The minimum Gasteiger partial charge on any atom is -0.351 e. The number of carbonyl (C=O) groups excluding carboxylic acids is 1. The maximum Gasteiger partial charge on any atom is 0.251 e. The average Bonchev–Trinajstić information content (AvgIpc) is 2.48. The summed E-state index contributed by atoms with van der Waals surface area (Å²) < 4.78 is 0. The van der Waals surface area contributed by atoms with Crippen molar-refractivity contribution in [1.82, 2.24) is 15.2 Å². The Balaban J connectivity index is 0.00000200. The van der Waals surface area contributed by atoms with Crippen LogP contribution in [-0.4, -0.2) is 53.5 Å². The first-order valence-corrected chi connectivity index (χ1v) is 7.68. The van der Waals surface area contributed by atoms with Crippen LogP contribution in [0, 0.1) is 0 Å². The molecule has 1 aromatic rings. The zero-order valence-electron chi connectivity index (χ0n) is 11.8. The van der Waals surface area contributed by atoms with E-state index in [-0.39, 0.29) is 30.7 Å². The van der Waals surface area contributed by atoms with Crippen LogP contribution in [0.4, 0.5) is 0 Å². The fourth-order valence-electron chi connectivity index (χ4n) is 1.99. The van der Waals surface area contributed by atoms with Gasteiger partial charge >= 0.3 is 0 Å². The first kappa shape index (κ1) is 20.5. The van der Waals surface area contributed by atoms with E-state index in [1.54, 1.807) is 18.3 Å². The van der Waals surface area contributed by atoms with E-state index in [0.29, 0.717) is 18.7 Å². The van der Waals surface area contributed by atoms with Gasteiger partial charge in [0.05, 0.1) is 5.69 Å². The van der Waals surface area contributed by atoms with Gasteiger partial charge in [0.2, 0.25) is 0 Å². The van der Waals surface area contributed by atoms with Gasteiger partial charge in [-0.1, -0.05) is 0 Å². The van der Waals surface area contributed by atoms with Crippen LogP contribution in [0.1, 0.15) is 16.1 Å². The standard InChI is InChI=1S/C13H20N4OS.2ClH/c14-10-12-9-11(1-2-15-12)13(18)16-3-4-17-5-7-19-8-6-17;;/h1-2,9H,3-8,10,14H2,(H,16,18);2*1H. The summed E-state index contributed by atoms with van der Waals surface area (Å²) in [6.07, 6.45) is 1.62. The van der Waals surface area contributed by atoms with E-state index in [9.17, 15) is 4.79 Å². The third kappa shape index (κ3) is 6.84. The third-order valence-corrected chi connectivity index (χ3v) is 4.05. The Morgan fingerprint density at radius 3 is 2.76 bits per heavy atom. The number of rotatable bonds is 5. The Morgan fingerprint density at radius 1 is 1.38 bits per heavy atom. The fourth-order valence-corrected chi connectivity index (χ4v) is 2.96. The predicted octanol–water partition coefficient (Wildman–Crippen LogP) is 1.16. The highest BCUT2D eigenvalue weighted by Gasteiger charge is 2.11. The molecule has 3 N–H and O–H groups in total. The Labute approximate surface area is 142 Å². The molecule has 0 spiro atoms. The molecule has 0 unspecified atom stereocenters. The van der Waals surface area contributed by atoms with Gasteiger partial charge in [-0.2, -0.15) is 11.8 Å². The number of thioether (sulfide) groups is 1. The van der Waals surface area contributed by atoms with Gasteiger partial charge in [-0.25, -0.2) is 0 Å². The summed E-state index contributed by atoms with van der Waals surface area (Å²) in [6, 6.07) is 3.46. The van der Waals surface area contributed by atoms with Crippen molar-refractivity contribution in [3.05, 3.63) is 29.6 Å². The molecule has 0 saturated carbocycles. The van der Waals surface area contributed by atoms with Gasteiger partial charge in [0.25, 0.3) is 5.91 Å². The molecule has 21 heavy (non-hydrogen) atoms. The second-order valence-corrected chi connectivity index (χ2v) is 5.67. The highest BCUT2D eigenvalue weighted by atomic mass is 35.5. The lowest BCUT2D eigenvalue weighted by molar-refractivity contribution is 0.0948. The average molecular weight is 353 g/mol. The van der Waals surface area contributed by atoms with Crippen LogP contribution in [0.25, 0.3) is 0 Å². The first-order chi connectivity index (χ1) is 9.29. The summed E-state index contributed by atoms with van der Waals surface area (Å²) >= 11 is 1.99. The lowest BCUT2D eigenvalue weighted by atomic mass is 10.2. The fraction of sp³-hybridized carbons (Fsp3) is 0.538. The third-order valence-electron chi connectivity index (χ3n) is 3.11. The second kappa shape index (κ2) is 11.1. The molecule has 1 aliphatic rings. The van der Waals surface area contributed by atoms with Gasteiger partial charge in [-0.05, 0) is 12.1 Å². The highest BCUT2D eigenvalue weighted by Crippen LogP contribution is 2.08. The van der Waals surface area contributed by atoms with E-state index in [4.69, 9.17) is 5.73 Å². The normalized spacial score (nSPS) is 14.7. The molecule has 2 heterocycles. The number of nitrogens with two attached hydrogens (primary N) is 1. The lowest BCUT2D eigenvalue weighted by Crippen LogP contribution is -2.39. The van der Waals surface area contributed by atoms with Crippen LogP contribution in [0.15, 0.2) is 18.3 Å². The van der Waals surface area contributed by atoms with Crippen LogP contribution in [0.5, 0.6) is 0 Å². The number of amides is 1. The molecule has 1 fully saturated rings. The summed E-state index contributed by atoms with van der Waals surface area (Å²) in [5.74, 6) is 2.33. The topological polar surface area (TPSA) is 71.2 Å². The number of hydrogen-bond acceptors (Lipinski definition) is 5. The zero-order chi connectivity index (χ0) is 13.5. The maximum atomic E-state index is 12.0. The van der Waals surface area contributed by atoms with E-state index < -0.39 is 0 Å². The molecule has 5 nitrogen and oxygen atoms in total. The summed E-state index contributed by atoms with van der Waals surface area (Å²) in [5, 5.41) is 2.94. The molecule has 1 saturated heterocycles. The van der Waals surface area contributed by atoms with Crippen molar-refractivity contribution >= 4 is 42.5 Å². The smallest absolute Gasteiger partial charge is 0.251 e.